The first kappa shape index (κ1) is 11.4. The number of rotatable bonds is 3. The van der Waals surface area contributed by atoms with Crippen LogP contribution in [0.3, 0.4) is 0 Å². The third-order valence-corrected chi connectivity index (χ3v) is 2.56. The molecule has 0 saturated carbocycles. The summed E-state index contributed by atoms with van der Waals surface area (Å²) in [6, 6.07) is 1.72. The van der Waals surface area contributed by atoms with Crippen molar-refractivity contribution in [2.75, 3.05) is 0 Å². The van der Waals surface area contributed by atoms with Gasteiger partial charge in [0, 0.05) is 13.2 Å². The standard InChI is InChI=1S/C11H14N4O2/c1-3-4-7-10(16)13-9(14-11(7)17)8-5-6-12-15(8)2/h5-6H,3-4H2,1-2H3,(H2,13,14,16,17). The minimum atomic E-state index is -0.296. The minimum absolute atomic E-state index is 0.202. The lowest BCUT2D eigenvalue weighted by atomic mass is 10.2. The highest BCUT2D eigenvalue weighted by Crippen LogP contribution is 2.17. The van der Waals surface area contributed by atoms with Crippen LogP contribution in [0.25, 0.3) is 11.5 Å². The number of nitrogens with one attached hydrogen (secondary N) is 1. The van der Waals surface area contributed by atoms with E-state index in [0.717, 1.165) is 6.42 Å². The molecular formula is C11H14N4O2. The summed E-state index contributed by atoms with van der Waals surface area (Å²) in [5, 5.41) is 13.7. The summed E-state index contributed by atoms with van der Waals surface area (Å²) in [6.07, 6.45) is 2.90. The van der Waals surface area contributed by atoms with E-state index in [1.807, 2.05) is 6.92 Å². The number of H-pyrrole nitrogens is 1. The molecule has 2 rings (SSSR count). The van der Waals surface area contributed by atoms with Crippen LogP contribution in [0.15, 0.2) is 17.1 Å². The number of aromatic hydroxyl groups is 1. The van der Waals surface area contributed by atoms with Crippen molar-refractivity contribution in [3.8, 4) is 17.4 Å². The molecule has 0 unspecified atom stereocenters. The number of aromatic nitrogens is 4. The Morgan fingerprint density at radius 3 is 2.82 bits per heavy atom. The van der Waals surface area contributed by atoms with Gasteiger partial charge in [-0.25, -0.2) is 0 Å². The third-order valence-electron chi connectivity index (χ3n) is 2.56. The highest BCUT2D eigenvalue weighted by molar-refractivity contribution is 5.50. The summed E-state index contributed by atoms with van der Waals surface area (Å²) < 4.78 is 1.58. The molecule has 2 heterocycles. The molecule has 0 amide bonds. The summed E-state index contributed by atoms with van der Waals surface area (Å²) in [4.78, 5) is 18.4. The minimum Gasteiger partial charge on any atom is -0.493 e. The van der Waals surface area contributed by atoms with Gasteiger partial charge >= 0.3 is 0 Å². The summed E-state index contributed by atoms with van der Waals surface area (Å²) in [5.74, 6) is 0.124. The van der Waals surface area contributed by atoms with Crippen LogP contribution in [0.2, 0.25) is 0 Å². The van der Waals surface area contributed by atoms with E-state index >= 15 is 0 Å². The van der Waals surface area contributed by atoms with Crippen molar-refractivity contribution in [1.29, 1.82) is 0 Å². The predicted octanol–water partition coefficient (Wildman–Crippen LogP) is 0.828. The molecule has 0 aromatic carbocycles. The van der Waals surface area contributed by atoms with Gasteiger partial charge in [0.25, 0.3) is 5.56 Å². The molecule has 17 heavy (non-hydrogen) atoms. The van der Waals surface area contributed by atoms with E-state index in [2.05, 4.69) is 15.1 Å². The van der Waals surface area contributed by atoms with Crippen molar-refractivity contribution in [2.24, 2.45) is 7.05 Å². The molecule has 0 spiro atoms. The number of hydrogen-bond acceptors (Lipinski definition) is 4. The van der Waals surface area contributed by atoms with Gasteiger partial charge in [-0.1, -0.05) is 13.3 Å². The van der Waals surface area contributed by atoms with Crippen molar-refractivity contribution in [1.82, 2.24) is 19.7 Å². The van der Waals surface area contributed by atoms with Gasteiger partial charge < -0.3 is 10.1 Å². The molecule has 6 nitrogen and oxygen atoms in total. The fourth-order valence-electron chi connectivity index (χ4n) is 1.69. The zero-order valence-electron chi connectivity index (χ0n) is 9.77. The molecule has 0 aliphatic carbocycles. The zero-order chi connectivity index (χ0) is 12.4. The highest BCUT2D eigenvalue weighted by Gasteiger charge is 2.12. The fraction of sp³-hybridized carbons (Fsp3) is 0.364. The molecule has 0 radical (unpaired) electrons. The van der Waals surface area contributed by atoms with Crippen LogP contribution in [0.4, 0.5) is 0 Å². The van der Waals surface area contributed by atoms with Gasteiger partial charge in [0.1, 0.15) is 5.69 Å². The van der Waals surface area contributed by atoms with Crippen LogP contribution < -0.4 is 5.56 Å². The maximum Gasteiger partial charge on any atom is 0.258 e. The zero-order valence-corrected chi connectivity index (χ0v) is 9.77. The molecule has 2 N–H and O–H groups in total. The lowest BCUT2D eigenvalue weighted by molar-refractivity contribution is 0.443. The largest absolute Gasteiger partial charge is 0.493 e. The predicted molar refractivity (Wildman–Crippen MR) is 62.7 cm³/mol. The second-order valence-electron chi connectivity index (χ2n) is 3.81. The molecule has 0 bridgehead atoms. The molecule has 2 aromatic rings. The van der Waals surface area contributed by atoms with Gasteiger partial charge in [-0.2, -0.15) is 10.1 Å². The number of aromatic amines is 1. The molecule has 90 valence electrons. The molecule has 0 atom stereocenters. The summed E-state index contributed by atoms with van der Waals surface area (Å²) in [6.45, 7) is 1.94. The van der Waals surface area contributed by atoms with Gasteiger partial charge in [0.2, 0.25) is 5.88 Å². The SMILES string of the molecule is CCCc1c(O)nc(-c2ccnn2C)[nH]c1=O. The number of nitrogens with zero attached hydrogens (tertiary/aromatic N) is 3. The Morgan fingerprint density at radius 2 is 2.29 bits per heavy atom. The van der Waals surface area contributed by atoms with Crippen LogP contribution in [0.1, 0.15) is 18.9 Å². The highest BCUT2D eigenvalue weighted by atomic mass is 16.3. The first-order chi connectivity index (χ1) is 8.13. The molecule has 0 saturated heterocycles. The summed E-state index contributed by atoms with van der Waals surface area (Å²) in [7, 11) is 1.74. The Labute approximate surface area is 98.0 Å². The van der Waals surface area contributed by atoms with Gasteiger partial charge in [-0.15, -0.1) is 0 Å². The van der Waals surface area contributed by atoms with Crippen molar-refractivity contribution in [3.63, 3.8) is 0 Å². The van der Waals surface area contributed by atoms with E-state index in [4.69, 9.17) is 0 Å². The van der Waals surface area contributed by atoms with E-state index in [1.165, 1.54) is 0 Å². The van der Waals surface area contributed by atoms with E-state index in [1.54, 1.807) is 24.0 Å². The van der Waals surface area contributed by atoms with Crippen molar-refractivity contribution < 1.29 is 5.11 Å². The van der Waals surface area contributed by atoms with E-state index in [-0.39, 0.29) is 11.4 Å². The van der Waals surface area contributed by atoms with Crippen LogP contribution in [0, 0.1) is 0 Å². The van der Waals surface area contributed by atoms with E-state index < -0.39 is 0 Å². The van der Waals surface area contributed by atoms with Crippen LogP contribution >= 0.6 is 0 Å². The van der Waals surface area contributed by atoms with Crippen molar-refractivity contribution >= 4 is 0 Å². The Hall–Kier alpha value is -2.11. The lowest BCUT2D eigenvalue weighted by Crippen LogP contribution is -2.15. The summed E-state index contributed by atoms with van der Waals surface area (Å²) in [5.41, 5.74) is 0.689. The summed E-state index contributed by atoms with van der Waals surface area (Å²) >= 11 is 0. The molecule has 6 heteroatoms. The third kappa shape index (κ3) is 2.06. The normalized spacial score (nSPS) is 10.7. The van der Waals surface area contributed by atoms with Crippen LogP contribution in [-0.2, 0) is 13.5 Å². The second-order valence-corrected chi connectivity index (χ2v) is 3.81. The quantitative estimate of drug-likeness (QED) is 0.823. The molecule has 0 fully saturated rings. The van der Waals surface area contributed by atoms with Crippen LogP contribution in [-0.4, -0.2) is 24.9 Å². The van der Waals surface area contributed by atoms with Gasteiger partial charge in [0.15, 0.2) is 5.82 Å². The van der Waals surface area contributed by atoms with Gasteiger partial charge in [0.05, 0.1) is 5.56 Å². The lowest BCUT2D eigenvalue weighted by Gasteiger charge is -2.05. The molecular weight excluding hydrogens is 220 g/mol. The number of hydrogen-bond donors (Lipinski definition) is 2. The van der Waals surface area contributed by atoms with Gasteiger partial charge in [-0.3, -0.25) is 9.48 Å². The van der Waals surface area contributed by atoms with Crippen LogP contribution in [0.5, 0.6) is 5.88 Å². The topological polar surface area (TPSA) is 83.8 Å². The van der Waals surface area contributed by atoms with E-state index in [9.17, 15) is 9.90 Å². The molecule has 2 aromatic heterocycles. The average molecular weight is 234 g/mol. The molecule has 0 aliphatic heterocycles. The average Bonchev–Trinajstić information content (AvgIpc) is 2.69. The Morgan fingerprint density at radius 1 is 1.53 bits per heavy atom. The smallest absolute Gasteiger partial charge is 0.258 e. The number of aryl methyl sites for hydroxylation is 1. The monoisotopic (exact) mass is 234 g/mol. The first-order valence-corrected chi connectivity index (χ1v) is 5.44. The maximum atomic E-state index is 11.8. The van der Waals surface area contributed by atoms with Crippen molar-refractivity contribution in [2.45, 2.75) is 19.8 Å². The Kier molecular flexibility index (Phi) is 2.95. The fourth-order valence-corrected chi connectivity index (χ4v) is 1.69. The first-order valence-electron chi connectivity index (χ1n) is 5.44. The second kappa shape index (κ2) is 4.40. The maximum absolute atomic E-state index is 11.8. The Bertz CT molecular complexity index is 585. The van der Waals surface area contributed by atoms with Crippen molar-refractivity contribution in [3.05, 3.63) is 28.2 Å². The molecule has 0 aliphatic rings. The van der Waals surface area contributed by atoms with E-state index in [0.29, 0.717) is 23.5 Å². The van der Waals surface area contributed by atoms with Gasteiger partial charge in [-0.05, 0) is 12.5 Å². The Balaban J connectivity index is 2.53.